The lowest BCUT2D eigenvalue weighted by Gasteiger charge is -2.30. The molecule has 3 N–H and O–H groups in total. The molecule has 5 nitrogen and oxygen atoms in total. The van der Waals surface area contributed by atoms with Crippen LogP contribution in [0.15, 0.2) is 18.2 Å². The normalized spacial score (nSPS) is 17.1. The zero-order valence-electron chi connectivity index (χ0n) is 13.1. The summed E-state index contributed by atoms with van der Waals surface area (Å²) in [6.07, 6.45) is 4.77. The minimum Gasteiger partial charge on any atom is -0.366 e. The van der Waals surface area contributed by atoms with Crippen LogP contribution in [0.2, 0.25) is 0 Å². The fourth-order valence-electron chi connectivity index (χ4n) is 3.26. The van der Waals surface area contributed by atoms with Gasteiger partial charge in [0.15, 0.2) is 0 Å². The lowest BCUT2D eigenvalue weighted by Crippen LogP contribution is -2.33. The molecule has 0 atom stereocenters. The van der Waals surface area contributed by atoms with Crippen LogP contribution >= 0.6 is 0 Å². The molecule has 1 aliphatic rings. The van der Waals surface area contributed by atoms with E-state index in [1.165, 1.54) is 19.4 Å². The molecule has 2 aromatic rings. The van der Waals surface area contributed by atoms with Gasteiger partial charge in [-0.25, -0.2) is 4.98 Å². The summed E-state index contributed by atoms with van der Waals surface area (Å²) in [6.45, 7) is 5.70. The second kappa shape index (κ2) is 6.48. The lowest BCUT2D eigenvalue weighted by molar-refractivity contribution is 0.100. The highest BCUT2D eigenvalue weighted by molar-refractivity contribution is 6.04. The fraction of sp³-hybridized carbons (Fsp3) is 0.529. The molecule has 0 radical (unpaired) electrons. The van der Waals surface area contributed by atoms with E-state index in [0.29, 0.717) is 17.0 Å². The Labute approximate surface area is 130 Å². The third-order valence-electron chi connectivity index (χ3n) is 4.60. The van der Waals surface area contributed by atoms with Crippen LogP contribution in [0, 0.1) is 0 Å². The van der Waals surface area contributed by atoms with Gasteiger partial charge in [-0.2, -0.15) is 0 Å². The molecule has 1 aromatic heterocycles. The Bertz CT molecular complexity index is 656. The van der Waals surface area contributed by atoms with Crippen LogP contribution in [0.4, 0.5) is 0 Å². The molecule has 1 saturated heterocycles. The minimum absolute atomic E-state index is 0.418. The Hall–Kier alpha value is -1.88. The monoisotopic (exact) mass is 300 g/mol. The van der Waals surface area contributed by atoms with Gasteiger partial charge in [0.2, 0.25) is 0 Å². The molecule has 0 spiro atoms. The van der Waals surface area contributed by atoms with Gasteiger partial charge in [-0.3, -0.25) is 4.79 Å². The van der Waals surface area contributed by atoms with Crippen LogP contribution < -0.4 is 5.73 Å². The number of H-pyrrole nitrogens is 1. The zero-order chi connectivity index (χ0) is 15.5. The van der Waals surface area contributed by atoms with Gasteiger partial charge in [-0.15, -0.1) is 0 Å². The van der Waals surface area contributed by atoms with Crippen molar-refractivity contribution in [1.29, 1.82) is 0 Å². The first-order valence-electron chi connectivity index (χ1n) is 8.19. The van der Waals surface area contributed by atoms with Crippen LogP contribution in [0.1, 0.15) is 54.7 Å². The summed E-state index contributed by atoms with van der Waals surface area (Å²) < 4.78 is 0. The number of rotatable bonds is 5. The van der Waals surface area contributed by atoms with Crippen molar-refractivity contribution in [3.63, 3.8) is 0 Å². The maximum absolute atomic E-state index is 11.5. The second-order valence-corrected chi connectivity index (χ2v) is 6.16. The number of para-hydroxylation sites is 1. The number of unbranched alkanes of at least 4 members (excludes halogenated alkanes) is 1. The summed E-state index contributed by atoms with van der Waals surface area (Å²) in [6, 6.07) is 5.54. The number of fused-ring (bicyclic) bond motifs is 1. The molecule has 1 aromatic carbocycles. The van der Waals surface area contributed by atoms with Crippen molar-refractivity contribution >= 4 is 16.9 Å². The third-order valence-corrected chi connectivity index (χ3v) is 4.60. The highest BCUT2D eigenvalue weighted by Crippen LogP contribution is 2.28. The van der Waals surface area contributed by atoms with Gasteiger partial charge in [-0.1, -0.05) is 19.4 Å². The molecule has 2 heterocycles. The van der Waals surface area contributed by atoms with Gasteiger partial charge in [-0.05, 0) is 51.0 Å². The van der Waals surface area contributed by atoms with Crippen molar-refractivity contribution < 1.29 is 4.79 Å². The Morgan fingerprint density at radius 2 is 2.18 bits per heavy atom. The van der Waals surface area contributed by atoms with E-state index in [1.54, 1.807) is 6.07 Å². The molecule has 0 saturated carbocycles. The third kappa shape index (κ3) is 2.99. The number of amides is 1. The number of aromatic nitrogens is 2. The highest BCUT2D eigenvalue weighted by atomic mass is 16.1. The lowest BCUT2D eigenvalue weighted by atomic mass is 9.96. The van der Waals surface area contributed by atoms with Crippen molar-refractivity contribution in [2.24, 2.45) is 5.73 Å². The number of primary amides is 1. The van der Waals surface area contributed by atoms with Gasteiger partial charge in [0.05, 0.1) is 11.1 Å². The van der Waals surface area contributed by atoms with Gasteiger partial charge in [0.25, 0.3) is 5.91 Å². The minimum atomic E-state index is -0.418. The van der Waals surface area contributed by atoms with E-state index in [4.69, 9.17) is 5.73 Å². The van der Waals surface area contributed by atoms with E-state index in [-0.39, 0.29) is 0 Å². The smallest absolute Gasteiger partial charge is 0.250 e. The number of nitrogens with zero attached hydrogens (tertiary/aromatic N) is 2. The van der Waals surface area contributed by atoms with Crippen molar-refractivity contribution in [2.45, 2.75) is 38.5 Å². The topological polar surface area (TPSA) is 75.0 Å². The largest absolute Gasteiger partial charge is 0.366 e. The number of hydrogen-bond acceptors (Lipinski definition) is 3. The van der Waals surface area contributed by atoms with E-state index in [2.05, 4.69) is 21.8 Å². The van der Waals surface area contributed by atoms with E-state index < -0.39 is 5.91 Å². The molecular weight excluding hydrogens is 276 g/mol. The molecule has 1 fully saturated rings. The number of hydrogen-bond donors (Lipinski definition) is 2. The predicted octanol–water partition coefficient (Wildman–Crippen LogP) is 2.64. The molecular formula is C17H24N4O. The number of imidazole rings is 1. The number of nitrogens with one attached hydrogen (secondary N) is 1. The first-order chi connectivity index (χ1) is 10.7. The molecule has 1 aliphatic heterocycles. The molecule has 0 aliphatic carbocycles. The summed E-state index contributed by atoms with van der Waals surface area (Å²) in [7, 11) is 0. The Morgan fingerprint density at radius 3 is 2.86 bits per heavy atom. The maximum atomic E-state index is 11.5. The van der Waals surface area contributed by atoms with Crippen LogP contribution in [0.3, 0.4) is 0 Å². The van der Waals surface area contributed by atoms with Crippen LogP contribution in [0.5, 0.6) is 0 Å². The quantitative estimate of drug-likeness (QED) is 0.891. The van der Waals surface area contributed by atoms with Crippen LogP contribution in [0.25, 0.3) is 11.0 Å². The van der Waals surface area contributed by atoms with Crippen molar-refractivity contribution in [1.82, 2.24) is 14.9 Å². The summed E-state index contributed by atoms with van der Waals surface area (Å²) in [4.78, 5) is 22.1. The Morgan fingerprint density at radius 1 is 1.41 bits per heavy atom. The number of piperidine rings is 1. The fourth-order valence-corrected chi connectivity index (χ4v) is 3.26. The first kappa shape index (κ1) is 15.0. The maximum Gasteiger partial charge on any atom is 0.250 e. The molecule has 1 amide bonds. The number of carbonyl (C=O) groups is 1. The van der Waals surface area contributed by atoms with Crippen molar-refractivity contribution in [2.75, 3.05) is 19.6 Å². The standard InChI is InChI=1S/C17H24N4O/c1-2-3-9-21-10-7-12(8-11-21)17-19-14-6-4-5-13(16(18)22)15(14)20-17/h4-6,12H,2-3,7-11H2,1H3,(H2,18,22)(H,19,20). The number of aromatic amines is 1. The second-order valence-electron chi connectivity index (χ2n) is 6.16. The number of carbonyl (C=O) groups excluding carboxylic acids is 1. The van der Waals surface area contributed by atoms with Crippen molar-refractivity contribution in [3.8, 4) is 0 Å². The first-order valence-corrected chi connectivity index (χ1v) is 8.19. The van der Waals surface area contributed by atoms with E-state index in [1.807, 2.05) is 12.1 Å². The molecule has 3 rings (SSSR count). The summed E-state index contributed by atoms with van der Waals surface area (Å²) in [5, 5.41) is 0. The Kier molecular flexibility index (Phi) is 4.43. The Balaban J connectivity index is 1.75. The molecule has 118 valence electrons. The zero-order valence-corrected chi connectivity index (χ0v) is 13.1. The SMILES string of the molecule is CCCCN1CCC(c2nc3c(C(N)=O)cccc3[nH]2)CC1. The average molecular weight is 300 g/mol. The highest BCUT2D eigenvalue weighted by Gasteiger charge is 2.23. The number of likely N-dealkylation sites (tertiary alicyclic amines) is 1. The predicted molar refractivity (Wildman–Crippen MR) is 87.9 cm³/mol. The van der Waals surface area contributed by atoms with E-state index in [0.717, 1.165) is 37.3 Å². The van der Waals surface area contributed by atoms with E-state index >= 15 is 0 Å². The van der Waals surface area contributed by atoms with Gasteiger partial charge >= 0.3 is 0 Å². The average Bonchev–Trinajstić information content (AvgIpc) is 2.97. The van der Waals surface area contributed by atoms with Crippen LogP contribution in [-0.2, 0) is 0 Å². The van der Waals surface area contributed by atoms with Gasteiger partial charge < -0.3 is 15.6 Å². The summed E-state index contributed by atoms with van der Waals surface area (Å²) in [5.74, 6) is 1.03. The number of benzene rings is 1. The number of nitrogens with two attached hydrogens (primary N) is 1. The van der Waals surface area contributed by atoms with Gasteiger partial charge in [0.1, 0.15) is 11.3 Å². The summed E-state index contributed by atoms with van der Waals surface area (Å²) >= 11 is 0. The summed E-state index contributed by atoms with van der Waals surface area (Å²) in [5.41, 5.74) is 7.54. The van der Waals surface area contributed by atoms with E-state index in [9.17, 15) is 4.79 Å². The molecule has 0 bridgehead atoms. The van der Waals surface area contributed by atoms with Gasteiger partial charge in [0, 0.05) is 5.92 Å². The van der Waals surface area contributed by atoms with Crippen LogP contribution in [-0.4, -0.2) is 40.4 Å². The molecule has 0 unspecified atom stereocenters. The van der Waals surface area contributed by atoms with Crippen molar-refractivity contribution in [3.05, 3.63) is 29.6 Å². The molecule has 5 heteroatoms. The molecule has 22 heavy (non-hydrogen) atoms.